The van der Waals surface area contributed by atoms with Gasteiger partial charge < -0.3 is 14.7 Å². The second kappa shape index (κ2) is 10.8. The van der Waals surface area contributed by atoms with Gasteiger partial charge in [0.15, 0.2) is 0 Å². The number of alkyl halides is 3. The summed E-state index contributed by atoms with van der Waals surface area (Å²) in [5, 5.41) is -1.51. The molecule has 11 heteroatoms. The zero-order chi connectivity index (χ0) is 29.2. The molecule has 6 rings (SSSR count). The van der Waals surface area contributed by atoms with E-state index in [-0.39, 0.29) is 22.7 Å². The molecule has 4 heterocycles. The maximum Gasteiger partial charge on any atom is 0.418 e. The third-order valence-corrected chi connectivity index (χ3v) is 10.9. The number of fused-ring (bicyclic) bond motifs is 1. The fourth-order valence-electron chi connectivity index (χ4n) is 8.23. The number of allylic oxidation sites excluding steroid dienone is 1. The van der Waals surface area contributed by atoms with Crippen molar-refractivity contribution >= 4 is 15.7 Å². The number of nitrogens with zero attached hydrogens (tertiary/aromatic N) is 4. The van der Waals surface area contributed by atoms with Crippen LogP contribution in [0.25, 0.3) is 0 Å². The number of halogens is 3. The Kier molecular flexibility index (Phi) is 7.74. The lowest BCUT2D eigenvalue weighted by atomic mass is 9.55. The van der Waals surface area contributed by atoms with Gasteiger partial charge in [-0.05, 0) is 99.2 Å². The molecule has 2 N–H and O–H groups in total. The van der Waals surface area contributed by atoms with Gasteiger partial charge in [0.1, 0.15) is 5.82 Å². The van der Waals surface area contributed by atoms with Crippen molar-refractivity contribution in [3.63, 3.8) is 0 Å². The molecule has 6 nitrogen and oxygen atoms in total. The molecule has 2 aliphatic carbocycles. The molecule has 220 valence electrons. The van der Waals surface area contributed by atoms with Crippen LogP contribution in [-0.2, 0) is 0 Å². The Bertz CT molecular complexity index is 1130. The minimum Gasteiger partial charge on any atom is -0.329 e. The van der Waals surface area contributed by atoms with Crippen LogP contribution in [0.2, 0.25) is 0 Å². The molecule has 0 aromatic rings. The molecular formula is C30H43B2F3N6. The third-order valence-electron chi connectivity index (χ3n) is 10.9. The van der Waals surface area contributed by atoms with Gasteiger partial charge in [-0.15, -0.1) is 0 Å². The maximum atomic E-state index is 14.5. The molecule has 4 radical (unpaired) electrons. The zero-order valence-electron chi connectivity index (χ0n) is 24.5. The standard InChI is InChI=1S/C30H43B2F3N6/c1-20-7-5-12-39(16-20)29(31,32)23-14-25(30(33,34)35)26-18-40(21(2)41(26)17-23)24-9-4-8-22(13-24)28(10-6-11-28)15-27-37-36-19-38(27)3/h14,17-18,20,22,24,27,36-37H,2,4-13,15-16,19H2,1,3H3. The summed E-state index contributed by atoms with van der Waals surface area (Å²) in [4.78, 5) is 7.82. The van der Waals surface area contributed by atoms with Crippen LogP contribution in [0.5, 0.6) is 0 Å². The summed E-state index contributed by atoms with van der Waals surface area (Å²) >= 11 is 0. The number of likely N-dealkylation sites (tertiary alicyclic amines) is 1. The fraction of sp³-hybridized carbons (Fsp3) is 0.733. The Morgan fingerprint density at radius 1 is 1.10 bits per heavy atom. The first-order chi connectivity index (χ1) is 19.4. The molecule has 6 aliphatic rings. The molecule has 4 unspecified atom stereocenters. The molecule has 4 atom stereocenters. The summed E-state index contributed by atoms with van der Waals surface area (Å²) in [6.07, 6.45) is 11.2. The lowest BCUT2D eigenvalue weighted by Gasteiger charge is -2.53. The van der Waals surface area contributed by atoms with Gasteiger partial charge in [0.25, 0.3) is 0 Å². The lowest BCUT2D eigenvalue weighted by Crippen LogP contribution is -2.55. The van der Waals surface area contributed by atoms with Crippen LogP contribution in [0.15, 0.2) is 47.7 Å². The monoisotopic (exact) mass is 566 g/mol. The van der Waals surface area contributed by atoms with Gasteiger partial charge in [0.2, 0.25) is 0 Å². The van der Waals surface area contributed by atoms with Crippen molar-refractivity contribution in [2.75, 3.05) is 26.8 Å². The normalized spacial score (nSPS) is 33.3. The molecule has 4 aliphatic heterocycles. The van der Waals surface area contributed by atoms with Crippen molar-refractivity contribution in [2.45, 2.75) is 94.9 Å². The first kappa shape index (κ1) is 29.4. The van der Waals surface area contributed by atoms with Crippen molar-refractivity contribution in [1.29, 1.82) is 0 Å². The zero-order valence-corrected chi connectivity index (χ0v) is 24.5. The second-order valence-electron chi connectivity index (χ2n) is 13.6. The van der Waals surface area contributed by atoms with Gasteiger partial charge in [-0.25, -0.2) is 10.9 Å². The molecule has 41 heavy (non-hydrogen) atoms. The molecule has 2 saturated carbocycles. The molecule has 0 aromatic heterocycles. The highest BCUT2D eigenvalue weighted by Gasteiger charge is 2.50. The van der Waals surface area contributed by atoms with E-state index >= 15 is 0 Å². The average molecular weight is 566 g/mol. The highest BCUT2D eigenvalue weighted by atomic mass is 19.4. The van der Waals surface area contributed by atoms with Crippen molar-refractivity contribution in [1.82, 2.24) is 30.5 Å². The average Bonchev–Trinajstić information content (AvgIpc) is 3.47. The fourth-order valence-corrected chi connectivity index (χ4v) is 8.23. The first-order valence-corrected chi connectivity index (χ1v) is 15.4. The summed E-state index contributed by atoms with van der Waals surface area (Å²) in [6, 6.07) is 0.110. The Morgan fingerprint density at radius 3 is 2.51 bits per heavy atom. The number of hydrogen-bond acceptors (Lipinski definition) is 6. The van der Waals surface area contributed by atoms with E-state index in [2.05, 4.69) is 36.3 Å². The SMILES string of the molecule is [B]C([B])(C1=CN2C(=C)N(C3CCCC(C4(CC5NNCN5C)CCC4)C3)C=C2C(C(F)(F)F)=C1)N1CCCC(C)C1. The van der Waals surface area contributed by atoms with E-state index in [1.807, 2.05) is 9.80 Å². The Hall–Kier alpha value is -1.68. The van der Waals surface area contributed by atoms with Crippen molar-refractivity contribution in [2.24, 2.45) is 17.3 Å². The van der Waals surface area contributed by atoms with Crippen LogP contribution in [0.3, 0.4) is 0 Å². The smallest absolute Gasteiger partial charge is 0.329 e. The Labute approximate surface area is 245 Å². The predicted octanol–water partition coefficient (Wildman–Crippen LogP) is 4.47. The summed E-state index contributed by atoms with van der Waals surface area (Å²) in [6.45, 7) is 8.58. The molecule has 0 spiro atoms. The molecule has 4 fully saturated rings. The Balaban J connectivity index is 1.24. The van der Waals surface area contributed by atoms with E-state index < -0.39 is 17.1 Å². The van der Waals surface area contributed by atoms with Crippen molar-refractivity contribution < 1.29 is 13.2 Å². The minimum absolute atomic E-state index is 0.109. The predicted molar refractivity (Wildman–Crippen MR) is 157 cm³/mol. The summed E-state index contributed by atoms with van der Waals surface area (Å²) < 4.78 is 43.6. The van der Waals surface area contributed by atoms with E-state index in [0.717, 1.165) is 51.3 Å². The summed E-state index contributed by atoms with van der Waals surface area (Å²) in [5.41, 5.74) is 6.63. The number of hydrogen-bond donors (Lipinski definition) is 2. The summed E-state index contributed by atoms with van der Waals surface area (Å²) in [5.74, 6) is 1.47. The number of rotatable bonds is 6. The number of nitrogens with one attached hydrogen (secondary N) is 2. The third kappa shape index (κ3) is 5.34. The van der Waals surface area contributed by atoms with Crippen LogP contribution in [0.1, 0.15) is 71.1 Å². The number of piperidine rings is 1. The molecule has 2 saturated heterocycles. The van der Waals surface area contributed by atoms with Gasteiger partial charge in [0, 0.05) is 25.0 Å². The van der Waals surface area contributed by atoms with Crippen LogP contribution >= 0.6 is 0 Å². The van der Waals surface area contributed by atoms with Gasteiger partial charge >= 0.3 is 6.18 Å². The van der Waals surface area contributed by atoms with Gasteiger partial charge in [-0.2, -0.15) is 13.2 Å². The van der Waals surface area contributed by atoms with E-state index in [4.69, 9.17) is 15.7 Å². The molecule has 0 amide bonds. The van der Waals surface area contributed by atoms with Crippen LogP contribution in [0.4, 0.5) is 13.2 Å². The Morgan fingerprint density at radius 2 is 1.88 bits per heavy atom. The van der Waals surface area contributed by atoms with E-state index in [1.165, 1.54) is 25.7 Å². The molecule has 0 aromatic carbocycles. The topological polar surface area (TPSA) is 37.0 Å². The van der Waals surface area contributed by atoms with E-state index in [1.54, 1.807) is 17.3 Å². The van der Waals surface area contributed by atoms with E-state index in [9.17, 15) is 13.2 Å². The van der Waals surface area contributed by atoms with Crippen molar-refractivity contribution in [3.05, 3.63) is 47.7 Å². The van der Waals surface area contributed by atoms with Gasteiger partial charge in [-0.3, -0.25) is 4.90 Å². The lowest BCUT2D eigenvalue weighted by molar-refractivity contribution is -0.0909. The van der Waals surface area contributed by atoms with E-state index in [0.29, 0.717) is 36.9 Å². The quantitative estimate of drug-likeness (QED) is 0.463. The van der Waals surface area contributed by atoms with Crippen LogP contribution in [-0.4, -0.2) is 85.8 Å². The summed E-state index contributed by atoms with van der Waals surface area (Å²) in [7, 11) is 15.4. The van der Waals surface area contributed by atoms with Crippen LogP contribution < -0.4 is 10.9 Å². The van der Waals surface area contributed by atoms with Crippen LogP contribution in [0, 0.1) is 17.3 Å². The first-order valence-electron chi connectivity index (χ1n) is 15.4. The molecular weight excluding hydrogens is 523 g/mol. The highest BCUT2D eigenvalue weighted by Crippen LogP contribution is 2.56. The highest BCUT2D eigenvalue weighted by molar-refractivity contribution is 6.42. The second-order valence-corrected chi connectivity index (χ2v) is 13.6. The van der Waals surface area contributed by atoms with Crippen molar-refractivity contribution in [3.8, 4) is 0 Å². The van der Waals surface area contributed by atoms with Gasteiger partial charge in [0.05, 0.1) is 39.8 Å². The maximum absolute atomic E-state index is 14.5. The number of hydrazine groups is 1. The van der Waals surface area contributed by atoms with Gasteiger partial charge in [-0.1, -0.05) is 26.3 Å². The largest absolute Gasteiger partial charge is 0.418 e. The molecule has 0 bridgehead atoms. The minimum atomic E-state index is -4.55.